The van der Waals surface area contributed by atoms with Crippen molar-refractivity contribution in [2.45, 2.75) is 0 Å². The van der Waals surface area contributed by atoms with Gasteiger partial charge in [-0.2, -0.15) is 0 Å². The van der Waals surface area contributed by atoms with Crippen LogP contribution >= 0.6 is 73.3 Å². The van der Waals surface area contributed by atoms with Crippen LogP contribution in [0.2, 0.25) is 0 Å². The zero-order valence-electron chi connectivity index (χ0n) is 40.3. The molecule has 72 heavy (non-hydrogen) atoms. The second-order valence-corrected chi connectivity index (χ2v) is 18.4. The van der Waals surface area contributed by atoms with Crippen LogP contribution in [-0.2, 0) is 0 Å². The van der Waals surface area contributed by atoms with E-state index in [1.807, 2.05) is 0 Å². The molecule has 366 valence electrons. The molecule has 0 spiro atoms. The summed E-state index contributed by atoms with van der Waals surface area (Å²) in [4.78, 5) is 0. The predicted octanol–water partition coefficient (Wildman–Crippen LogP) is 11.2. The van der Waals surface area contributed by atoms with Crippen LogP contribution in [0.4, 0.5) is 34.1 Å². The van der Waals surface area contributed by atoms with E-state index in [0.29, 0.717) is 30.7 Å². The molecule has 0 heterocycles. The quantitative estimate of drug-likeness (QED) is 0.0527. The molecule has 0 atom stereocenters. The molecule has 0 saturated heterocycles. The highest BCUT2D eigenvalue weighted by atomic mass is 32.1. The fraction of sp³-hybridized carbons (Fsp3) is 0.111. The minimum atomic E-state index is 0.506. The van der Waals surface area contributed by atoms with Gasteiger partial charge in [0.05, 0.1) is 0 Å². The van der Waals surface area contributed by atoms with E-state index in [0.717, 1.165) is 101 Å². The Morgan fingerprint density at radius 2 is 0.319 bits per heavy atom. The smallest absolute Gasteiger partial charge is 0.170 e. The van der Waals surface area contributed by atoms with Crippen molar-refractivity contribution in [2.24, 2.45) is 0 Å². The van der Waals surface area contributed by atoms with E-state index in [4.69, 9.17) is 73.3 Å². The highest BCUT2D eigenvalue weighted by Gasteiger charge is 2.29. The number of hydrogen-bond donors (Lipinski definition) is 12. The van der Waals surface area contributed by atoms with Gasteiger partial charge in [-0.1, -0.05) is 72.8 Å². The second kappa shape index (κ2) is 24.7. The van der Waals surface area contributed by atoms with Crippen LogP contribution in [0.5, 0.6) is 0 Å². The number of thiocarbonyl (C=S) groups is 6. The number of hydrogen-bond acceptors (Lipinski definition) is 6. The van der Waals surface area contributed by atoms with Gasteiger partial charge >= 0.3 is 0 Å². The molecule has 12 nitrogen and oxygen atoms in total. The summed E-state index contributed by atoms with van der Waals surface area (Å²) in [6.07, 6.45) is 0. The van der Waals surface area contributed by atoms with Crippen LogP contribution in [-0.4, -0.2) is 73.0 Å². The lowest BCUT2D eigenvalue weighted by Crippen LogP contribution is -2.24. The predicted molar refractivity (Wildman–Crippen MR) is 331 cm³/mol. The zero-order valence-corrected chi connectivity index (χ0v) is 45.2. The SMILES string of the molecule is CNC(=S)Nc1ccc(-c2c(-c3ccc(NC(=S)NC)cc3)c(-c3ccc(NC(=S)NC)cc3)c(-c3ccc(NC(=S)NC)cc3)c(-c3ccc(NC(=S)NC)cc3)c2-c2ccc(NC(=S)NC)cc2)cc1. The van der Waals surface area contributed by atoms with Crippen molar-refractivity contribution < 1.29 is 0 Å². The lowest BCUT2D eigenvalue weighted by atomic mass is 9.74. The average Bonchev–Trinajstić information content (AvgIpc) is 3.41. The summed E-state index contributed by atoms with van der Waals surface area (Å²) < 4.78 is 0. The topological polar surface area (TPSA) is 144 Å². The summed E-state index contributed by atoms with van der Waals surface area (Å²) in [5.41, 5.74) is 16.7. The molecule has 0 amide bonds. The molecule has 7 rings (SSSR count). The van der Waals surface area contributed by atoms with Crippen LogP contribution in [0.15, 0.2) is 146 Å². The highest BCUT2D eigenvalue weighted by molar-refractivity contribution is 7.81. The lowest BCUT2D eigenvalue weighted by molar-refractivity contribution is 1.20. The van der Waals surface area contributed by atoms with Crippen molar-refractivity contribution in [3.05, 3.63) is 146 Å². The molecule has 0 aliphatic rings. The fourth-order valence-electron chi connectivity index (χ4n) is 7.96. The monoisotopic (exact) mass is 1060 g/mol. The summed E-state index contributed by atoms with van der Waals surface area (Å²) in [5.74, 6) is 0. The molecule has 0 aromatic heterocycles. The molecule has 0 unspecified atom stereocenters. The molecule has 0 aliphatic carbocycles. The summed E-state index contributed by atoms with van der Waals surface area (Å²) in [5, 5.41) is 41.0. The molecular weight excluding hydrogens is 1010 g/mol. The van der Waals surface area contributed by atoms with Crippen LogP contribution < -0.4 is 63.8 Å². The summed E-state index contributed by atoms with van der Waals surface area (Å²) in [7, 11) is 10.8. The first-order valence-corrected chi connectivity index (χ1v) is 25.1. The van der Waals surface area contributed by atoms with E-state index in [1.54, 1.807) is 42.3 Å². The van der Waals surface area contributed by atoms with Crippen molar-refractivity contribution in [3.63, 3.8) is 0 Å². The first kappa shape index (κ1) is 52.5. The van der Waals surface area contributed by atoms with Crippen molar-refractivity contribution >= 4 is 138 Å². The minimum Gasteiger partial charge on any atom is -0.366 e. The standard InChI is InChI=1S/C54H54N12S6/c1-55-49(67)61-37-19-7-31(8-20-37)43-44(32-9-21-38(22-10-32)62-50(68)56-2)46(34-13-25-40(26-14-34)64-52(70)58-4)48(36-17-29-42(30-18-36)66-54(72)60-6)47(35-15-27-41(28-16-35)65-53(71)59-5)45(43)33-11-23-39(24-12-33)63-51(69)57-3/h7-30H,1-6H3,(H2,55,61,67)(H2,56,62,68)(H2,57,63,69)(H2,58,64,70)(H2,59,65,71)(H2,60,66,72). The van der Waals surface area contributed by atoms with Crippen LogP contribution in [0.1, 0.15) is 0 Å². The van der Waals surface area contributed by atoms with E-state index in [2.05, 4.69) is 209 Å². The molecule has 0 fully saturated rings. The normalized spacial score (nSPS) is 10.4. The molecule has 12 N–H and O–H groups in total. The van der Waals surface area contributed by atoms with Gasteiger partial charge < -0.3 is 63.8 Å². The maximum absolute atomic E-state index is 5.54. The average molecular weight is 1060 g/mol. The molecule has 0 bridgehead atoms. The van der Waals surface area contributed by atoms with E-state index in [-0.39, 0.29) is 0 Å². The molecular formula is C54H54N12S6. The third-order valence-corrected chi connectivity index (χ3v) is 13.3. The molecule has 0 saturated carbocycles. The highest BCUT2D eigenvalue weighted by Crippen LogP contribution is 2.56. The Morgan fingerprint density at radius 1 is 0.208 bits per heavy atom. The summed E-state index contributed by atoms with van der Waals surface area (Å²) in [6, 6.07) is 50.3. The van der Waals surface area contributed by atoms with Crippen molar-refractivity contribution in [2.75, 3.05) is 74.2 Å². The lowest BCUT2D eigenvalue weighted by Gasteiger charge is -2.29. The van der Waals surface area contributed by atoms with E-state index >= 15 is 0 Å². The third kappa shape index (κ3) is 12.8. The first-order chi connectivity index (χ1) is 34.9. The van der Waals surface area contributed by atoms with Gasteiger partial charge in [-0.25, -0.2) is 0 Å². The van der Waals surface area contributed by atoms with Gasteiger partial charge in [0, 0.05) is 76.4 Å². The Kier molecular flexibility index (Phi) is 18.0. The Hall–Kier alpha value is -7.32. The van der Waals surface area contributed by atoms with E-state index in [1.165, 1.54) is 0 Å². The molecule has 0 aliphatic heterocycles. The maximum atomic E-state index is 5.54. The number of anilines is 6. The van der Waals surface area contributed by atoms with Crippen molar-refractivity contribution in [1.82, 2.24) is 31.9 Å². The zero-order chi connectivity index (χ0) is 51.3. The fourth-order valence-corrected chi connectivity index (χ4v) is 8.67. The summed E-state index contributed by atoms with van der Waals surface area (Å²) >= 11 is 33.2. The third-order valence-electron chi connectivity index (χ3n) is 11.5. The van der Waals surface area contributed by atoms with Gasteiger partial charge in [0.15, 0.2) is 30.7 Å². The van der Waals surface area contributed by atoms with E-state index in [9.17, 15) is 0 Å². The van der Waals surface area contributed by atoms with Crippen molar-refractivity contribution in [1.29, 1.82) is 0 Å². The first-order valence-electron chi connectivity index (χ1n) is 22.7. The van der Waals surface area contributed by atoms with Gasteiger partial charge in [-0.15, -0.1) is 0 Å². The Balaban J connectivity index is 1.71. The molecule has 7 aromatic rings. The van der Waals surface area contributed by atoms with Crippen LogP contribution in [0, 0.1) is 0 Å². The number of benzene rings is 7. The molecule has 18 heteroatoms. The Morgan fingerprint density at radius 3 is 0.417 bits per heavy atom. The van der Waals surface area contributed by atoms with Gasteiger partial charge in [0.2, 0.25) is 0 Å². The largest absolute Gasteiger partial charge is 0.366 e. The Bertz CT molecular complexity index is 2540. The molecule has 0 radical (unpaired) electrons. The van der Waals surface area contributed by atoms with Crippen LogP contribution in [0.25, 0.3) is 66.8 Å². The van der Waals surface area contributed by atoms with Crippen molar-refractivity contribution in [3.8, 4) is 66.8 Å². The maximum Gasteiger partial charge on any atom is 0.170 e. The Labute approximate surface area is 453 Å². The van der Waals surface area contributed by atoms with Gasteiger partial charge in [-0.05, 0) is 213 Å². The second-order valence-electron chi connectivity index (χ2n) is 15.9. The van der Waals surface area contributed by atoms with Crippen LogP contribution in [0.3, 0.4) is 0 Å². The van der Waals surface area contributed by atoms with Gasteiger partial charge in [-0.3, -0.25) is 0 Å². The molecule has 7 aromatic carbocycles. The van der Waals surface area contributed by atoms with Gasteiger partial charge in [0.1, 0.15) is 0 Å². The summed E-state index contributed by atoms with van der Waals surface area (Å²) in [6.45, 7) is 0. The van der Waals surface area contributed by atoms with E-state index < -0.39 is 0 Å². The number of nitrogens with one attached hydrogen (secondary N) is 12. The minimum absolute atomic E-state index is 0.506. The number of rotatable bonds is 12. The van der Waals surface area contributed by atoms with Gasteiger partial charge in [0.25, 0.3) is 0 Å².